The minimum absolute atomic E-state index is 0.385. The fourth-order valence-corrected chi connectivity index (χ4v) is 2.80. The molecule has 2 aromatic rings. The minimum Gasteiger partial charge on any atom is -0.210 e. The molecule has 15 heavy (non-hydrogen) atoms. The highest BCUT2D eigenvalue weighted by molar-refractivity contribution is 7.14. The number of aromatic nitrogens is 3. The van der Waals surface area contributed by atoms with Crippen LogP contribution in [-0.4, -0.2) is 14.8 Å². The van der Waals surface area contributed by atoms with Gasteiger partial charge in [-0.2, -0.15) is 5.10 Å². The van der Waals surface area contributed by atoms with Gasteiger partial charge in [-0.05, 0) is 19.9 Å². The van der Waals surface area contributed by atoms with E-state index in [0.717, 1.165) is 21.4 Å². The number of nitrogens with zero attached hydrogens (tertiary/aromatic N) is 3. The largest absolute Gasteiger partial charge is 0.212 e. The average Bonchev–Trinajstić information content (AvgIpc) is 2.69. The van der Waals surface area contributed by atoms with Gasteiger partial charge in [-0.25, -0.2) is 9.67 Å². The van der Waals surface area contributed by atoms with E-state index in [9.17, 15) is 0 Å². The van der Waals surface area contributed by atoms with Crippen molar-refractivity contribution < 1.29 is 0 Å². The molecule has 2 aromatic heterocycles. The van der Waals surface area contributed by atoms with Gasteiger partial charge in [0.1, 0.15) is 5.15 Å². The number of thiazole rings is 1. The molecule has 80 valence electrons. The highest BCUT2D eigenvalue weighted by Gasteiger charge is 2.12. The van der Waals surface area contributed by atoms with Crippen molar-refractivity contribution >= 4 is 34.5 Å². The third-order valence-electron chi connectivity index (χ3n) is 1.95. The van der Waals surface area contributed by atoms with E-state index < -0.39 is 0 Å². The van der Waals surface area contributed by atoms with Crippen LogP contribution in [-0.2, 0) is 5.88 Å². The molecule has 0 aliphatic carbocycles. The Labute approximate surface area is 102 Å². The van der Waals surface area contributed by atoms with Crippen LogP contribution < -0.4 is 0 Å². The quantitative estimate of drug-likeness (QED) is 0.777. The second-order valence-electron chi connectivity index (χ2n) is 3.18. The lowest BCUT2D eigenvalue weighted by Gasteiger charge is -1.96. The average molecular weight is 262 g/mol. The molecule has 0 aliphatic heterocycles. The molecule has 0 spiro atoms. The van der Waals surface area contributed by atoms with Gasteiger partial charge in [0.2, 0.25) is 5.13 Å². The molecule has 6 heteroatoms. The predicted molar refractivity (Wildman–Crippen MR) is 63.3 cm³/mol. The normalized spacial score (nSPS) is 10.9. The summed E-state index contributed by atoms with van der Waals surface area (Å²) in [5, 5.41) is 5.57. The first kappa shape index (κ1) is 10.9. The molecule has 0 fully saturated rings. The summed E-state index contributed by atoms with van der Waals surface area (Å²) in [6.07, 6.45) is 0. The fourth-order valence-electron chi connectivity index (χ4n) is 1.32. The van der Waals surface area contributed by atoms with Crippen molar-refractivity contribution in [3.05, 3.63) is 27.5 Å². The topological polar surface area (TPSA) is 30.7 Å². The number of hydrogen-bond donors (Lipinski definition) is 0. The molecule has 2 rings (SSSR count). The lowest BCUT2D eigenvalue weighted by Crippen LogP contribution is -1.97. The van der Waals surface area contributed by atoms with Crippen LogP contribution in [0, 0.1) is 13.8 Å². The van der Waals surface area contributed by atoms with Crippen molar-refractivity contribution in [2.45, 2.75) is 19.7 Å². The minimum atomic E-state index is 0.385. The molecule has 0 amide bonds. The Morgan fingerprint density at radius 2 is 2.20 bits per heavy atom. The number of alkyl halides is 1. The Kier molecular flexibility index (Phi) is 3.00. The maximum absolute atomic E-state index is 5.93. The van der Waals surface area contributed by atoms with Crippen molar-refractivity contribution in [3.8, 4) is 5.13 Å². The SMILES string of the molecule is Cc1cc(C)n(-c2nc(Cl)c(CCl)s2)n1. The monoisotopic (exact) mass is 261 g/mol. The molecule has 0 N–H and O–H groups in total. The van der Waals surface area contributed by atoms with E-state index in [1.165, 1.54) is 11.3 Å². The van der Waals surface area contributed by atoms with Gasteiger partial charge in [-0.3, -0.25) is 0 Å². The van der Waals surface area contributed by atoms with Gasteiger partial charge in [-0.1, -0.05) is 22.9 Å². The summed E-state index contributed by atoms with van der Waals surface area (Å²) in [7, 11) is 0. The molecule has 0 saturated heterocycles. The Morgan fingerprint density at radius 1 is 1.47 bits per heavy atom. The van der Waals surface area contributed by atoms with E-state index >= 15 is 0 Å². The maximum atomic E-state index is 5.93. The van der Waals surface area contributed by atoms with E-state index in [1.54, 1.807) is 4.68 Å². The summed E-state index contributed by atoms with van der Waals surface area (Å²) in [6, 6.07) is 2.00. The van der Waals surface area contributed by atoms with E-state index in [1.807, 2.05) is 19.9 Å². The zero-order chi connectivity index (χ0) is 11.0. The van der Waals surface area contributed by atoms with Crippen molar-refractivity contribution in [2.75, 3.05) is 0 Å². The molecule has 0 aromatic carbocycles. The number of hydrogen-bond acceptors (Lipinski definition) is 3. The molecule has 0 bridgehead atoms. The van der Waals surface area contributed by atoms with Crippen molar-refractivity contribution in [2.24, 2.45) is 0 Å². The predicted octanol–water partition coefficient (Wildman–Crippen LogP) is 3.34. The first-order valence-electron chi connectivity index (χ1n) is 4.36. The second kappa shape index (κ2) is 4.12. The van der Waals surface area contributed by atoms with Gasteiger partial charge in [-0.15, -0.1) is 11.6 Å². The van der Waals surface area contributed by atoms with Crippen LogP contribution in [0.5, 0.6) is 0 Å². The second-order valence-corrected chi connectivity index (χ2v) is 4.87. The van der Waals surface area contributed by atoms with Gasteiger partial charge in [0.25, 0.3) is 0 Å². The van der Waals surface area contributed by atoms with E-state index in [2.05, 4.69) is 10.1 Å². The van der Waals surface area contributed by atoms with Gasteiger partial charge >= 0.3 is 0 Å². The van der Waals surface area contributed by atoms with Crippen molar-refractivity contribution in [1.29, 1.82) is 0 Å². The first-order chi connectivity index (χ1) is 7.11. The van der Waals surface area contributed by atoms with E-state index in [0.29, 0.717) is 11.0 Å². The standard InChI is InChI=1S/C9H9Cl2N3S/c1-5-3-6(2)14(13-5)9-12-8(11)7(4-10)15-9/h3H,4H2,1-2H3. The van der Waals surface area contributed by atoms with Gasteiger partial charge in [0.15, 0.2) is 0 Å². The van der Waals surface area contributed by atoms with Gasteiger partial charge in [0.05, 0.1) is 16.5 Å². The Balaban J connectivity index is 2.49. The summed E-state index contributed by atoms with van der Waals surface area (Å²) in [5.74, 6) is 0.385. The highest BCUT2D eigenvalue weighted by Crippen LogP contribution is 2.27. The fraction of sp³-hybridized carbons (Fsp3) is 0.333. The van der Waals surface area contributed by atoms with Crippen LogP contribution in [0.3, 0.4) is 0 Å². The molecule has 3 nitrogen and oxygen atoms in total. The summed E-state index contributed by atoms with van der Waals surface area (Å²) >= 11 is 13.1. The molecule has 0 saturated carbocycles. The van der Waals surface area contributed by atoms with Gasteiger partial charge in [0, 0.05) is 5.69 Å². The van der Waals surface area contributed by atoms with E-state index in [4.69, 9.17) is 23.2 Å². The van der Waals surface area contributed by atoms with Crippen LogP contribution >= 0.6 is 34.5 Å². The van der Waals surface area contributed by atoms with Crippen molar-refractivity contribution in [3.63, 3.8) is 0 Å². The molecule has 0 unspecified atom stereocenters. The third-order valence-corrected chi connectivity index (χ3v) is 3.83. The summed E-state index contributed by atoms with van der Waals surface area (Å²) in [5.41, 5.74) is 2.00. The summed E-state index contributed by atoms with van der Waals surface area (Å²) in [4.78, 5) is 5.10. The van der Waals surface area contributed by atoms with Crippen molar-refractivity contribution in [1.82, 2.24) is 14.8 Å². The number of rotatable bonds is 2. The lowest BCUT2D eigenvalue weighted by atomic mass is 10.4. The highest BCUT2D eigenvalue weighted by atomic mass is 35.5. The zero-order valence-corrected chi connectivity index (χ0v) is 10.6. The third kappa shape index (κ3) is 2.02. The van der Waals surface area contributed by atoms with E-state index in [-0.39, 0.29) is 0 Å². The lowest BCUT2D eigenvalue weighted by molar-refractivity contribution is 0.825. The smallest absolute Gasteiger partial charge is 0.210 e. The Morgan fingerprint density at radius 3 is 2.67 bits per heavy atom. The number of aryl methyl sites for hydroxylation is 2. The zero-order valence-electron chi connectivity index (χ0n) is 8.29. The first-order valence-corrected chi connectivity index (χ1v) is 6.09. The van der Waals surface area contributed by atoms with Crippen LogP contribution in [0.4, 0.5) is 0 Å². The molecule has 0 atom stereocenters. The molecule has 0 radical (unpaired) electrons. The Hall–Kier alpha value is -0.580. The summed E-state index contributed by atoms with van der Waals surface area (Å²) < 4.78 is 1.78. The molecular formula is C9H9Cl2N3S. The molecule has 0 aliphatic rings. The Bertz CT molecular complexity index is 490. The molecular weight excluding hydrogens is 253 g/mol. The molecule has 2 heterocycles. The maximum Gasteiger partial charge on any atom is 0.212 e. The van der Waals surface area contributed by atoms with Crippen LogP contribution in [0.25, 0.3) is 5.13 Å². The summed E-state index contributed by atoms with van der Waals surface area (Å²) in [6.45, 7) is 3.93. The van der Waals surface area contributed by atoms with Crippen LogP contribution in [0.2, 0.25) is 5.15 Å². The van der Waals surface area contributed by atoms with Crippen LogP contribution in [0.1, 0.15) is 16.3 Å². The number of halogens is 2. The van der Waals surface area contributed by atoms with Crippen LogP contribution in [0.15, 0.2) is 6.07 Å². The van der Waals surface area contributed by atoms with Gasteiger partial charge < -0.3 is 0 Å².